The molecule has 4 rings (SSSR count). The molecule has 0 aliphatic carbocycles. The highest BCUT2D eigenvalue weighted by molar-refractivity contribution is 6.30. The summed E-state index contributed by atoms with van der Waals surface area (Å²) in [5.74, 6) is 0.361. The second-order valence-electron chi connectivity index (χ2n) is 8.67. The topological polar surface area (TPSA) is 12.4 Å². The van der Waals surface area contributed by atoms with E-state index in [1.54, 1.807) is 0 Å². The second-order valence-corrected chi connectivity index (χ2v) is 9.11. The van der Waals surface area contributed by atoms with Gasteiger partial charge < -0.3 is 0 Å². The first-order chi connectivity index (χ1) is 17.0. The zero-order chi connectivity index (χ0) is 24.6. The fraction of sp³-hybridized carbons (Fsp3) is 0.121. The third kappa shape index (κ3) is 6.26. The van der Waals surface area contributed by atoms with Crippen molar-refractivity contribution in [2.75, 3.05) is 0 Å². The van der Waals surface area contributed by atoms with Crippen LogP contribution in [-0.2, 0) is 0 Å². The minimum absolute atomic E-state index is 0.361. The lowest BCUT2D eigenvalue weighted by atomic mass is 9.89. The van der Waals surface area contributed by atoms with Gasteiger partial charge in [-0.1, -0.05) is 129 Å². The molecule has 0 aliphatic rings. The van der Waals surface area contributed by atoms with E-state index in [-0.39, 0.29) is 0 Å². The molecule has 1 atom stereocenters. The fourth-order valence-corrected chi connectivity index (χ4v) is 4.13. The van der Waals surface area contributed by atoms with Gasteiger partial charge in [0.25, 0.3) is 0 Å². The predicted octanol–water partition coefficient (Wildman–Crippen LogP) is 9.60. The lowest BCUT2D eigenvalue weighted by Crippen LogP contribution is -2.04. The van der Waals surface area contributed by atoms with Gasteiger partial charge in [0, 0.05) is 10.6 Å². The Morgan fingerprint density at radius 1 is 0.743 bits per heavy atom. The highest BCUT2D eigenvalue weighted by Gasteiger charge is 2.13. The van der Waals surface area contributed by atoms with Crippen molar-refractivity contribution < 1.29 is 0 Å². The second kappa shape index (κ2) is 11.6. The van der Waals surface area contributed by atoms with Crippen molar-refractivity contribution >= 4 is 28.6 Å². The first-order valence-electron chi connectivity index (χ1n) is 12.0. The average Bonchev–Trinajstić information content (AvgIpc) is 2.92. The normalized spacial score (nSPS) is 12.9. The van der Waals surface area contributed by atoms with Crippen LogP contribution in [0, 0.1) is 5.92 Å². The Morgan fingerprint density at radius 2 is 1.29 bits per heavy atom. The number of rotatable bonds is 8. The molecule has 0 saturated heterocycles. The van der Waals surface area contributed by atoms with Gasteiger partial charge in [0.05, 0.1) is 11.4 Å². The average molecular weight is 476 g/mol. The summed E-state index contributed by atoms with van der Waals surface area (Å²) in [6.07, 6.45) is 3.24. The fourth-order valence-electron chi connectivity index (χ4n) is 4.00. The van der Waals surface area contributed by atoms with Crippen LogP contribution in [0.4, 0.5) is 0 Å². The van der Waals surface area contributed by atoms with Crippen LogP contribution >= 0.6 is 11.6 Å². The minimum atomic E-state index is 0.361. The van der Waals surface area contributed by atoms with E-state index in [4.69, 9.17) is 16.6 Å². The van der Waals surface area contributed by atoms with Crippen LogP contribution in [0.25, 0.3) is 22.4 Å². The summed E-state index contributed by atoms with van der Waals surface area (Å²) in [4.78, 5) is 5.00. The van der Waals surface area contributed by atoms with Gasteiger partial charge in [-0.25, -0.2) is 4.99 Å². The molecule has 2 heteroatoms. The summed E-state index contributed by atoms with van der Waals surface area (Å²) in [5.41, 5.74) is 8.50. The van der Waals surface area contributed by atoms with E-state index in [9.17, 15) is 0 Å². The molecule has 0 amide bonds. The third-order valence-corrected chi connectivity index (χ3v) is 6.52. The van der Waals surface area contributed by atoms with Gasteiger partial charge in [0.1, 0.15) is 0 Å². The zero-order valence-electron chi connectivity index (χ0n) is 20.3. The van der Waals surface area contributed by atoms with Gasteiger partial charge >= 0.3 is 0 Å². The van der Waals surface area contributed by atoms with Crippen LogP contribution in [0.15, 0.2) is 127 Å². The van der Waals surface area contributed by atoms with E-state index in [2.05, 4.69) is 75.0 Å². The summed E-state index contributed by atoms with van der Waals surface area (Å²) in [7, 11) is 0. The van der Waals surface area contributed by atoms with Gasteiger partial charge in [-0.15, -0.1) is 0 Å². The minimum Gasteiger partial charge on any atom is -0.248 e. The van der Waals surface area contributed by atoms with Crippen LogP contribution < -0.4 is 0 Å². The van der Waals surface area contributed by atoms with Crippen LogP contribution in [0.2, 0.25) is 5.02 Å². The molecule has 0 heterocycles. The molecule has 0 saturated carbocycles. The van der Waals surface area contributed by atoms with Crippen molar-refractivity contribution in [1.82, 2.24) is 0 Å². The Kier molecular flexibility index (Phi) is 8.13. The number of hydrogen-bond donors (Lipinski definition) is 0. The lowest BCUT2D eigenvalue weighted by molar-refractivity contribution is 0.718. The predicted molar refractivity (Wildman–Crippen MR) is 153 cm³/mol. The largest absolute Gasteiger partial charge is 0.248 e. The quantitative estimate of drug-likeness (QED) is 0.225. The van der Waals surface area contributed by atoms with E-state index in [0.717, 1.165) is 29.0 Å². The van der Waals surface area contributed by atoms with Gasteiger partial charge in [-0.05, 0) is 58.4 Å². The molecule has 0 fully saturated rings. The monoisotopic (exact) mass is 475 g/mol. The zero-order valence-corrected chi connectivity index (χ0v) is 21.0. The molecular formula is C33H30ClN. The number of halogens is 1. The molecular weight excluding hydrogens is 446 g/mol. The SMILES string of the molecule is C=C(N=C(/C=C(/c1ccc(-c2ccccc2)cc1)C(C)CC)c1ccc(Cl)cc1)c1ccccc1. The molecule has 1 nitrogen and oxygen atoms in total. The van der Waals surface area contributed by atoms with Crippen LogP contribution in [0.3, 0.4) is 0 Å². The van der Waals surface area contributed by atoms with Crippen molar-refractivity contribution in [3.05, 3.63) is 144 Å². The Balaban J connectivity index is 1.78. The molecule has 0 radical (unpaired) electrons. The first-order valence-corrected chi connectivity index (χ1v) is 12.4. The highest BCUT2D eigenvalue weighted by atomic mass is 35.5. The Bertz CT molecular complexity index is 1320. The van der Waals surface area contributed by atoms with Gasteiger partial charge in [0.15, 0.2) is 0 Å². The van der Waals surface area contributed by atoms with Crippen molar-refractivity contribution in [2.45, 2.75) is 20.3 Å². The number of nitrogens with zero attached hydrogens (tertiary/aromatic N) is 1. The maximum Gasteiger partial charge on any atom is 0.0712 e. The highest BCUT2D eigenvalue weighted by Crippen LogP contribution is 2.30. The van der Waals surface area contributed by atoms with Crippen molar-refractivity contribution in [2.24, 2.45) is 10.9 Å². The molecule has 4 aromatic carbocycles. The summed E-state index contributed by atoms with van der Waals surface area (Å²) < 4.78 is 0. The van der Waals surface area contributed by atoms with Gasteiger partial charge in [-0.3, -0.25) is 0 Å². The number of allylic oxidation sites excluding steroid dienone is 2. The van der Waals surface area contributed by atoms with E-state index in [1.165, 1.54) is 22.3 Å². The first kappa shape index (κ1) is 24.4. The molecule has 0 N–H and O–H groups in total. The molecule has 1 unspecified atom stereocenters. The van der Waals surface area contributed by atoms with Gasteiger partial charge in [-0.2, -0.15) is 0 Å². The Hall–Kier alpha value is -3.68. The summed E-state index contributed by atoms with van der Waals surface area (Å²) in [5, 5.41) is 0.706. The molecule has 4 aromatic rings. The molecule has 0 aromatic heterocycles. The van der Waals surface area contributed by atoms with E-state index in [1.807, 2.05) is 60.7 Å². The van der Waals surface area contributed by atoms with Crippen LogP contribution in [0.1, 0.15) is 37.0 Å². The maximum atomic E-state index is 6.18. The van der Waals surface area contributed by atoms with Crippen LogP contribution in [-0.4, -0.2) is 5.71 Å². The molecule has 35 heavy (non-hydrogen) atoms. The van der Waals surface area contributed by atoms with Gasteiger partial charge in [0.2, 0.25) is 0 Å². The van der Waals surface area contributed by atoms with E-state index < -0.39 is 0 Å². The smallest absolute Gasteiger partial charge is 0.0712 e. The molecule has 0 aliphatic heterocycles. The van der Waals surface area contributed by atoms with Crippen LogP contribution in [0.5, 0.6) is 0 Å². The van der Waals surface area contributed by atoms with Crippen molar-refractivity contribution in [1.29, 1.82) is 0 Å². The standard InChI is InChI=1S/C33H30ClN/c1-4-24(2)32(29-17-15-28(16-18-29)27-13-9-6-10-14-27)23-33(30-19-21-31(34)22-20-30)35-25(3)26-11-7-5-8-12-26/h5-24H,3-4H2,1-2H3/b32-23+,35-33?. The van der Waals surface area contributed by atoms with Crippen molar-refractivity contribution in [3.63, 3.8) is 0 Å². The Morgan fingerprint density at radius 3 is 1.89 bits per heavy atom. The number of aliphatic imine (C=N–C) groups is 1. The number of hydrogen-bond acceptors (Lipinski definition) is 1. The van der Waals surface area contributed by atoms with E-state index >= 15 is 0 Å². The molecule has 174 valence electrons. The molecule has 0 spiro atoms. The number of benzene rings is 4. The summed E-state index contributed by atoms with van der Waals surface area (Å²) >= 11 is 6.18. The van der Waals surface area contributed by atoms with Crippen molar-refractivity contribution in [3.8, 4) is 11.1 Å². The summed E-state index contributed by atoms with van der Waals surface area (Å²) in [6.45, 7) is 8.74. The van der Waals surface area contributed by atoms with E-state index in [0.29, 0.717) is 10.9 Å². The molecule has 0 bridgehead atoms. The third-order valence-electron chi connectivity index (χ3n) is 6.26. The maximum absolute atomic E-state index is 6.18. The lowest BCUT2D eigenvalue weighted by Gasteiger charge is -2.17. The summed E-state index contributed by atoms with van der Waals surface area (Å²) in [6, 6.07) is 37.2. The Labute approximate surface area is 214 Å².